The van der Waals surface area contributed by atoms with Crippen LogP contribution in [0.2, 0.25) is 5.02 Å². The van der Waals surface area contributed by atoms with Crippen LogP contribution in [0.3, 0.4) is 0 Å². The molecule has 1 aliphatic carbocycles. The van der Waals surface area contributed by atoms with E-state index in [2.05, 4.69) is 11.9 Å². The fourth-order valence-corrected chi connectivity index (χ4v) is 3.90. The summed E-state index contributed by atoms with van der Waals surface area (Å²) in [7, 11) is 1.56. The smallest absolute Gasteiger partial charge is 0.262 e. The number of hydrogen-bond acceptors (Lipinski definition) is 4. The Morgan fingerprint density at radius 3 is 2.62 bits per heavy atom. The lowest BCUT2D eigenvalue weighted by molar-refractivity contribution is -0.117. The fraction of sp³-hybridized carbons (Fsp3) is 0.308. The van der Waals surface area contributed by atoms with Crippen LogP contribution in [-0.2, 0) is 17.8 Å². The van der Waals surface area contributed by atoms with E-state index in [4.69, 9.17) is 21.1 Å². The Hall–Kier alpha value is -3.23. The van der Waals surface area contributed by atoms with Crippen molar-refractivity contribution < 1.29 is 14.3 Å². The molecular weight excluding hydrogens is 424 g/mol. The predicted molar refractivity (Wildman–Crippen MR) is 127 cm³/mol. The van der Waals surface area contributed by atoms with E-state index < -0.39 is 0 Å². The molecule has 0 saturated heterocycles. The molecule has 0 bridgehead atoms. The average molecular weight is 451 g/mol. The van der Waals surface area contributed by atoms with E-state index in [1.165, 1.54) is 0 Å². The number of carbonyl (C=O) groups excluding carboxylic acids is 1. The molecule has 0 aromatic heterocycles. The second kappa shape index (κ2) is 11.4. The van der Waals surface area contributed by atoms with Gasteiger partial charge < -0.3 is 14.8 Å². The maximum absolute atomic E-state index is 12.6. The molecular formula is C26H27ClN2O3. The molecule has 5 nitrogen and oxygen atoms in total. The number of rotatable bonds is 9. The molecule has 0 spiro atoms. The van der Waals surface area contributed by atoms with E-state index in [-0.39, 0.29) is 17.5 Å². The highest BCUT2D eigenvalue weighted by molar-refractivity contribution is 6.30. The fourth-order valence-electron chi connectivity index (χ4n) is 3.77. The van der Waals surface area contributed by atoms with Gasteiger partial charge in [-0.2, -0.15) is 5.26 Å². The topological polar surface area (TPSA) is 71.4 Å². The maximum atomic E-state index is 12.6. The lowest BCUT2D eigenvalue weighted by Crippen LogP contribution is -2.33. The largest absolute Gasteiger partial charge is 0.493 e. The highest BCUT2D eigenvalue weighted by Crippen LogP contribution is 2.35. The summed E-state index contributed by atoms with van der Waals surface area (Å²) in [5, 5.41) is 13.2. The van der Waals surface area contributed by atoms with Crippen LogP contribution in [0.5, 0.6) is 11.5 Å². The van der Waals surface area contributed by atoms with Gasteiger partial charge in [0, 0.05) is 16.6 Å². The molecule has 0 unspecified atom stereocenters. The number of halogens is 1. The van der Waals surface area contributed by atoms with Gasteiger partial charge in [-0.25, -0.2) is 0 Å². The van der Waals surface area contributed by atoms with Gasteiger partial charge in [-0.05, 0) is 60.7 Å². The number of allylic oxidation sites excluding steroid dienone is 1. The highest BCUT2D eigenvalue weighted by atomic mass is 35.5. The summed E-state index contributed by atoms with van der Waals surface area (Å²) in [4.78, 5) is 12.6. The number of nitrogens with zero attached hydrogens (tertiary/aromatic N) is 1. The number of carbonyl (C=O) groups is 1. The second-order valence-electron chi connectivity index (χ2n) is 7.74. The van der Waals surface area contributed by atoms with Gasteiger partial charge in [-0.15, -0.1) is 6.58 Å². The third kappa shape index (κ3) is 6.15. The zero-order chi connectivity index (χ0) is 22.9. The molecule has 6 heteroatoms. The molecule has 1 aliphatic rings. The number of methoxy groups -OCH3 is 1. The molecule has 2 aromatic carbocycles. The van der Waals surface area contributed by atoms with Gasteiger partial charge in [-0.3, -0.25) is 4.79 Å². The minimum atomic E-state index is -0.341. The number of hydrogen-bond donors (Lipinski definition) is 1. The molecule has 166 valence electrons. The highest BCUT2D eigenvalue weighted by Gasteiger charge is 2.20. The summed E-state index contributed by atoms with van der Waals surface area (Å²) in [5.41, 5.74) is 2.59. The Bertz CT molecular complexity index is 1030. The van der Waals surface area contributed by atoms with Crippen molar-refractivity contribution in [3.05, 3.63) is 76.3 Å². The van der Waals surface area contributed by atoms with Gasteiger partial charge in [0.05, 0.1) is 7.11 Å². The van der Waals surface area contributed by atoms with Crippen LogP contribution in [-0.4, -0.2) is 19.1 Å². The molecule has 1 fully saturated rings. The molecule has 1 N–H and O–H groups in total. The van der Waals surface area contributed by atoms with Crippen molar-refractivity contribution in [2.45, 2.75) is 44.8 Å². The molecule has 0 aliphatic heterocycles. The van der Waals surface area contributed by atoms with E-state index >= 15 is 0 Å². The van der Waals surface area contributed by atoms with Gasteiger partial charge in [0.25, 0.3) is 5.91 Å². The zero-order valence-corrected chi connectivity index (χ0v) is 19.0. The molecule has 2 aromatic rings. The van der Waals surface area contributed by atoms with Gasteiger partial charge in [0.15, 0.2) is 11.5 Å². The lowest BCUT2D eigenvalue weighted by atomic mass is 10.0. The summed E-state index contributed by atoms with van der Waals surface area (Å²) >= 11 is 5.95. The van der Waals surface area contributed by atoms with Crippen LogP contribution in [0, 0.1) is 11.3 Å². The Balaban J connectivity index is 1.86. The van der Waals surface area contributed by atoms with Crippen molar-refractivity contribution in [1.82, 2.24) is 5.32 Å². The van der Waals surface area contributed by atoms with Gasteiger partial charge in [-0.1, -0.05) is 42.7 Å². The molecule has 0 radical (unpaired) electrons. The summed E-state index contributed by atoms with van der Waals surface area (Å²) in [6, 6.07) is 13.3. The standard InChI is InChI=1S/C26H27ClN2O3/c1-3-6-20-13-19(14-21(16-28)26(30)29-23-7-4-5-8-23)15-24(31-2)25(20)32-17-18-9-11-22(27)12-10-18/h3,9-15,23H,1,4-8,17H2,2H3,(H,29,30)/b21-14-. The van der Waals surface area contributed by atoms with E-state index in [9.17, 15) is 10.1 Å². The van der Waals surface area contributed by atoms with Crippen LogP contribution in [0.1, 0.15) is 42.4 Å². The number of benzene rings is 2. The van der Waals surface area contributed by atoms with E-state index in [0.717, 1.165) is 36.8 Å². The monoisotopic (exact) mass is 450 g/mol. The lowest BCUT2D eigenvalue weighted by Gasteiger charge is -2.16. The first-order valence-electron chi connectivity index (χ1n) is 10.7. The quantitative estimate of drug-likeness (QED) is 0.305. The third-order valence-electron chi connectivity index (χ3n) is 5.40. The first kappa shape index (κ1) is 23.4. The van der Waals surface area contributed by atoms with Crippen LogP contribution in [0.15, 0.2) is 54.6 Å². The normalized spacial score (nSPS) is 14.0. The van der Waals surface area contributed by atoms with Crippen LogP contribution < -0.4 is 14.8 Å². The van der Waals surface area contributed by atoms with Crippen LogP contribution in [0.4, 0.5) is 0 Å². The Morgan fingerprint density at radius 2 is 2.00 bits per heavy atom. The van der Waals surface area contributed by atoms with E-state index in [1.54, 1.807) is 25.3 Å². The SMILES string of the molecule is C=CCc1cc(/C=C(/C#N)C(=O)NC2CCCC2)cc(OC)c1OCc1ccc(Cl)cc1. The maximum Gasteiger partial charge on any atom is 0.262 e. The predicted octanol–water partition coefficient (Wildman–Crippen LogP) is 5.62. The first-order chi connectivity index (χ1) is 15.5. The number of nitriles is 1. The average Bonchev–Trinajstić information content (AvgIpc) is 3.30. The zero-order valence-electron chi connectivity index (χ0n) is 18.2. The molecule has 3 rings (SSSR count). The number of amides is 1. The molecule has 1 saturated carbocycles. The Labute approximate surface area is 194 Å². The first-order valence-corrected chi connectivity index (χ1v) is 11.0. The number of ether oxygens (including phenoxy) is 2. The van der Waals surface area contributed by atoms with Gasteiger partial charge >= 0.3 is 0 Å². The summed E-state index contributed by atoms with van der Waals surface area (Å²) in [6.45, 7) is 4.18. The van der Waals surface area contributed by atoms with Crippen LogP contribution in [0.25, 0.3) is 6.08 Å². The summed E-state index contributed by atoms with van der Waals surface area (Å²) in [5.74, 6) is 0.790. The van der Waals surface area contributed by atoms with Gasteiger partial charge in [0.2, 0.25) is 0 Å². The van der Waals surface area contributed by atoms with Crippen LogP contribution >= 0.6 is 11.6 Å². The van der Waals surface area contributed by atoms with E-state index in [1.807, 2.05) is 36.4 Å². The van der Waals surface area contributed by atoms with Crippen molar-refractivity contribution in [1.29, 1.82) is 5.26 Å². The minimum absolute atomic E-state index is 0.0679. The van der Waals surface area contributed by atoms with Crippen molar-refractivity contribution >= 4 is 23.6 Å². The van der Waals surface area contributed by atoms with Crippen molar-refractivity contribution in [3.63, 3.8) is 0 Å². The minimum Gasteiger partial charge on any atom is -0.493 e. The second-order valence-corrected chi connectivity index (χ2v) is 8.18. The molecule has 32 heavy (non-hydrogen) atoms. The molecule has 0 heterocycles. The van der Waals surface area contributed by atoms with Crippen molar-refractivity contribution in [2.24, 2.45) is 0 Å². The number of nitrogens with one attached hydrogen (secondary N) is 1. The van der Waals surface area contributed by atoms with Crippen molar-refractivity contribution in [2.75, 3.05) is 7.11 Å². The Kier molecular flexibility index (Phi) is 8.35. The third-order valence-corrected chi connectivity index (χ3v) is 5.65. The molecule has 0 atom stereocenters. The van der Waals surface area contributed by atoms with Crippen molar-refractivity contribution in [3.8, 4) is 17.6 Å². The molecule has 1 amide bonds. The Morgan fingerprint density at radius 1 is 1.28 bits per heavy atom. The van der Waals surface area contributed by atoms with E-state index in [0.29, 0.717) is 35.1 Å². The van der Waals surface area contributed by atoms with Gasteiger partial charge in [0.1, 0.15) is 18.2 Å². The summed E-state index contributed by atoms with van der Waals surface area (Å²) in [6.07, 6.45) is 8.04. The summed E-state index contributed by atoms with van der Waals surface area (Å²) < 4.78 is 11.6.